The van der Waals surface area contributed by atoms with E-state index in [1.54, 1.807) is 13.0 Å². The zero-order chi connectivity index (χ0) is 20.5. The number of pyridine rings is 1. The summed E-state index contributed by atoms with van der Waals surface area (Å²) in [5, 5.41) is 26.7. The van der Waals surface area contributed by atoms with Crippen molar-refractivity contribution in [3.8, 4) is 11.3 Å². The number of nitrogens with zero attached hydrogens (tertiary/aromatic N) is 2. The highest BCUT2D eigenvalue weighted by Gasteiger charge is 2.17. The van der Waals surface area contributed by atoms with E-state index in [1.807, 2.05) is 42.5 Å². The molecule has 4 N–H and O–H groups in total. The SMILES string of the molecule is Cc1c(C(=O)Nc2ccc3[nH]nc(-c4ccccc4)c3c2)c(Cl)cn(C=N)c1=N. The molecule has 0 aliphatic rings. The van der Waals surface area contributed by atoms with Gasteiger partial charge in [-0.2, -0.15) is 5.10 Å². The molecule has 2 aromatic heterocycles. The predicted octanol–water partition coefficient (Wildman–Crippen LogP) is 4.18. The Morgan fingerprint density at radius 1 is 1.24 bits per heavy atom. The molecule has 0 aliphatic heterocycles. The van der Waals surface area contributed by atoms with Gasteiger partial charge >= 0.3 is 0 Å². The van der Waals surface area contributed by atoms with Gasteiger partial charge in [0.25, 0.3) is 5.91 Å². The monoisotopic (exact) mass is 404 g/mol. The van der Waals surface area contributed by atoms with Crippen LogP contribution >= 0.6 is 11.6 Å². The summed E-state index contributed by atoms with van der Waals surface area (Å²) in [4.78, 5) is 12.9. The fraction of sp³-hybridized carbons (Fsp3) is 0.0476. The minimum atomic E-state index is -0.415. The lowest BCUT2D eigenvalue weighted by Crippen LogP contribution is -2.26. The first-order chi connectivity index (χ1) is 14.0. The van der Waals surface area contributed by atoms with E-state index in [9.17, 15) is 4.79 Å². The third kappa shape index (κ3) is 3.32. The molecule has 0 atom stereocenters. The molecule has 0 saturated carbocycles. The topological polar surface area (TPSA) is 110 Å². The van der Waals surface area contributed by atoms with Crippen LogP contribution in [0.4, 0.5) is 5.69 Å². The molecule has 0 unspecified atom stereocenters. The van der Waals surface area contributed by atoms with Crippen LogP contribution < -0.4 is 10.8 Å². The zero-order valence-electron chi connectivity index (χ0n) is 15.5. The van der Waals surface area contributed by atoms with Crippen molar-refractivity contribution >= 4 is 40.4 Å². The molecular weight excluding hydrogens is 388 g/mol. The van der Waals surface area contributed by atoms with Gasteiger partial charge in [-0.05, 0) is 25.1 Å². The van der Waals surface area contributed by atoms with Crippen LogP contribution in [0.3, 0.4) is 0 Å². The molecule has 0 fully saturated rings. The average molecular weight is 405 g/mol. The molecule has 0 aliphatic carbocycles. The lowest BCUT2D eigenvalue weighted by atomic mass is 10.1. The third-order valence-corrected chi connectivity index (χ3v) is 5.00. The number of hydrogen-bond acceptors (Lipinski definition) is 4. The predicted molar refractivity (Wildman–Crippen MR) is 114 cm³/mol. The molecule has 4 aromatic rings. The largest absolute Gasteiger partial charge is 0.322 e. The smallest absolute Gasteiger partial charge is 0.257 e. The van der Waals surface area contributed by atoms with Crippen molar-refractivity contribution in [2.45, 2.75) is 6.92 Å². The van der Waals surface area contributed by atoms with Gasteiger partial charge in [-0.25, -0.2) is 0 Å². The Labute approximate surface area is 171 Å². The van der Waals surface area contributed by atoms with Crippen molar-refractivity contribution < 1.29 is 4.79 Å². The number of carbonyl (C=O) groups excluding carboxylic acids is 1. The highest BCUT2D eigenvalue weighted by Crippen LogP contribution is 2.29. The van der Waals surface area contributed by atoms with Crippen LogP contribution in [0.15, 0.2) is 54.7 Å². The van der Waals surface area contributed by atoms with Gasteiger partial charge in [0.05, 0.1) is 28.1 Å². The second-order valence-corrected chi connectivity index (χ2v) is 6.92. The number of carbonyl (C=O) groups is 1. The summed E-state index contributed by atoms with van der Waals surface area (Å²) in [5.74, 6) is -0.415. The number of aromatic nitrogens is 3. The molecule has 1 amide bonds. The van der Waals surface area contributed by atoms with Crippen molar-refractivity contribution in [2.24, 2.45) is 0 Å². The quantitative estimate of drug-likeness (QED) is 0.302. The van der Waals surface area contributed by atoms with Gasteiger partial charge in [-0.1, -0.05) is 41.9 Å². The molecule has 144 valence electrons. The van der Waals surface area contributed by atoms with Crippen LogP contribution in [0.25, 0.3) is 22.2 Å². The van der Waals surface area contributed by atoms with E-state index in [-0.39, 0.29) is 16.1 Å². The summed E-state index contributed by atoms with van der Waals surface area (Å²) in [6.45, 7) is 1.63. The molecule has 0 spiro atoms. The number of halogens is 1. The number of benzene rings is 2. The van der Waals surface area contributed by atoms with Crippen LogP contribution in [0.1, 0.15) is 15.9 Å². The summed E-state index contributed by atoms with van der Waals surface area (Å²) in [6, 6.07) is 15.3. The fourth-order valence-corrected chi connectivity index (χ4v) is 3.56. The lowest BCUT2D eigenvalue weighted by molar-refractivity contribution is 0.102. The highest BCUT2D eigenvalue weighted by molar-refractivity contribution is 6.34. The maximum absolute atomic E-state index is 12.9. The molecule has 0 bridgehead atoms. The minimum Gasteiger partial charge on any atom is -0.322 e. The number of anilines is 1. The van der Waals surface area contributed by atoms with Crippen LogP contribution in [-0.2, 0) is 0 Å². The first-order valence-corrected chi connectivity index (χ1v) is 9.18. The molecule has 29 heavy (non-hydrogen) atoms. The zero-order valence-corrected chi connectivity index (χ0v) is 16.2. The standard InChI is InChI=1S/C21H17ClN6O/c1-12-18(16(22)10-28(11-23)20(12)24)21(29)25-14-7-8-17-15(9-14)19(27-26-17)13-5-3-2-4-6-13/h2-11,23-24H,1H3,(H,25,29)(H,26,27). The summed E-state index contributed by atoms with van der Waals surface area (Å²) in [7, 11) is 0. The van der Waals surface area contributed by atoms with Crippen LogP contribution in [-0.4, -0.2) is 27.0 Å². The molecule has 4 rings (SSSR count). The molecule has 8 heteroatoms. The fourth-order valence-electron chi connectivity index (χ4n) is 3.22. The summed E-state index contributed by atoms with van der Waals surface area (Å²) in [5.41, 5.74) is 3.86. The van der Waals surface area contributed by atoms with Crippen molar-refractivity contribution in [1.29, 1.82) is 10.8 Å². The van der Waals surface area contributed by atoms with Crippen molar-refractivity contribution in [1.82, 2.24) is 14.8 Å². The lowest BCUT2D eigenvalue weighted by Gasteiger charge is -2.12. The van der Waals surface area contributed by atoms with Gasteiger partial charge in [0.15, 0.2) is 0 Å². The second kappa shape index (κ2) is 7.37. The number of fused-ring (bicyclic) bond motifs is 1. The van der Waals surface area contributed by atoms with Crippen molar-refractivity contribution in [2.75, 3.05) is 5.32 Å². The van der Waals surface area contributed by atoms with Crippen LogP contribution in [0.5, 0.6) is 0 Å². The van der Waals surface area contributed by atoms with E-state index in [0.29, 0.717) is 11.3 Å². The minimum absolute atomic E-state index is 0.0335. The maximum Gasteiger partial charge on any atom is 0.257 e. The number of amides is 1. The first-order valence-electron chi connectivity index (χ1n) is 8.81. The van der Waals surface area contributed by atoms with Crippen molar-refractivity contribution in [3.05, 3.63) is 76.4 Å². The number of aromatic amines is 1. The van der Waals surface area contributed by atoms with Gasteiger partial charge in [-0.15, -0.1) is 0 Å². The van der Waals surface area contributed by atoms with E-state index in [4.69, 9.17) is 22.4 Å². The van der Waals surface area contributed by atoms with E-state index >= 15 is 0 Å². The van der Waals surface area contributed by atoms with Gasteiger partial charge in [0.1, 0.15) is 5.49 Å². The Balaban J connectivity index is 1.72. The summed E-state index contributed by atoms with van der Waals surface area (Å²) in [6.07, 6.45) is 2.35. The summed E-state index contributed by atoms with van der Waals surface area (Å²) < 4.78 is 1.25. The van der Waals surface area contributed by atoms with E-state index in [0.717, 1.165) is 28.5 Å². The Morgan fingerprint density at radius 2 is 2.00 bits per heavy atom. The average Bonchev–Trinajstić information content (AvgIpc) is 3.14. The van der Waals surface area contributed by atoms with E-state index < -0.39 is 5.91 Å². The number of H-pyrrole nitrogens is 1. The molecular formula is C21H17ClN6O. The van der Waals surface area contributed by atoms with Crippen molar-refractivity contribution in [3.63, 3.8) is 0 Å². The maximum atomic E-state index is 12.9. The van der Waals surface area contributed by atoms with Gasteiger partial charge in [0, 0.05) is 28.4 Å². The Hall–Kier alpha value is -3.71. The molecule has 0 saturated heterocycles. The number of nitrogens with one attached hydrogen (secondary N) is 4. The normalized spacial score (nSPS) is 10.8. The van der Waals surface area contributed by atoms with Gasteiger partial charge < -0.3 is 5.32 Å². The molecule has 2 aromatic carbocycles. The van der Waals surface area contributed by atoms with Crippen LogP contribution in [0.2, 0.25) is 5.02 Å². The Kier molecular flexibility index (Phi) is 4.74. The van der Waals surface area contributed by atoms with Gasteiger partial charge in [0.2, 0.25) is 0 Å². The van der Waals surface area contributed by atoms with E-state index in [2.05, 4.69) is 15.5 Å². The first kappa shape index (κ1) is 18.6. The number of hydrogen-bond donors (Lipinski definition) is 4. The summed E-state index contributed by atoms with van der Waals surface area (Å²) >= 11 is 6.25. The Morgan fingerprint density at radius 3 is 2.72 bits per heavy atom. The van der Waals surface area contributed by atoms with E-state index in [1.165, 1.54) is 10.8 Å². The Bertz CT molecular complexity index is 1310. The molecule has 2 heterocycles. The number of rotatable bonds is 4. The molecule has 7 nitrogen and oxygen atoms in total. The third-order valence-electron chi connectivity index (χ3n) is 4.71. The van der Waals surface area contributed by atoms with Crippen LogP contribution in [0, 0.1) is 17.7 Å². The van der Waals surface area contributed by atoms with Gasteiger partial charge in [-0.3, -0.25) is 25.3 Å². The molecule has 0 radical (unpaired) electrons. The second-order valence-electron chi connectivity index (χ2n) is 6.51. The highest BCUT2D eigenvalue weighted by atomic mass is 35.5.